The summed E-state index contributed by atoms with van der Waals surface area (Å²) in [5.74, 6) is 0.815. The molecule has 1 aliphatic heterocycles. The molecule has 2 aromatic carbocycles. The molecule has 4 aromatic rings. The lowest BCUT2D eigenvalue weighted by atomic mass is 10.0. The average Bonchev–Trinajstić information content (AvgIpc) is 3.32. The maximum atomic E-state index is 13.2. The second kappa shape index (κ2) is 7.33. The number of ether oxygens (including phenoxy) is 1. The molecule has 1 amide bonds. The molecular formula is C23H23N5O2. The molecule has 2 aromatic heterocycles. The first-order chi connectivity index (χ1) is 14.6. The smallest absolute Gasteiger partial charge is 0.272 e. The standard InChI is InChI=1S/C23H23N5O2/c1-3-28-21(10-15(2)26-28)23(29)27-8-9-30-22-7-5-16(11-18(22)13-27)17-4-6-19-20(12-17)25-14-24-19/h4-7,10-12,14H,3,8-9,13H2,1-2H3,(H,24,25). The molecule has 0 saturated heterocycles. The van der Waals surface area contributed by atoms with E-state index in [-0.39, 0.29) is 5.91 Å². The van der Waals surface area contributed by atoms with E-state index in [9.17, 15) is 4.79 Å². The normalized spacial score (nSPS) is 13.7. The first kappa shape index (κ1) is 18.4. The third kappa shape index (κ3) is 3.22. The number of hydrogen-bond donors (Lipinski definition) is 1. The minimum atomic E-state index is -0.0156. The summed E-state index contributed by atoms with van der Waals surface area (Å²) in [5, 5.41) is 4.42. The molecule has 0 fully saturated rings. The Morgan fingerprint density at radius 3 is 2.87 bits per heavy atom. The molecule has 0 saturated carbocycles. The highest BCUT2D eigenvalue weighted by Gasteiger charge is 2.24. The van der Waals surface area contributed by atoms with E-state index < -0.39 is 0 Å². The molecule has 0 aliphatic carbocycles. The number of rotatable bonds is 3. The molecule has 0 unspecified atom stereocenters. The molecule has 152 valence electrons. The number of H-pyrrole nitrogens is 1. The van der Waals surface area contributed by atoms with Gasteiger partial charge in [-0.2, -0.15) is 5.10 Å². The number of aromatic amines is 1. The zero-order valence-corrected chi connectivity index (χ0v) is 17.1. The Hall–Kier alpha value is -3.61. The van der Waals surface area contributed by atoms with Crippen LogP contribution in [0.25, 0.3) is 22.2 Å². The number of hydrogen-bond acceptors (Lipinski definition) is 4. The van der Waals surface area contributed by atoms with E-state index in [0.29, 0.717) is 31.9 Å². The van der Waals surface area contributed by atoms with Crippen molar-refractivity contribution in [2.75, 3.05) is 13.2 Å². The molecule has 0 atom stereocenters. The summed E-state index contributed by atoms with van der Waals surface area (Å²) in [7, 11) is 0. The molecule has 1 aliphatic rings. The van der Waals surface area contributed by atoms with Crippen LogP contribution in [0.2, 0.25) is 0 Å². The monoisotopic (exact) mass is 401 g/mol. The number of fused-ring (bicyclic) bond motifs is 2. The molecular weight excluding hydrogens is 378 g/mol. The SMILES string of the molecule is CCn1nc(C)cc1C(=O)N1CCOc2ccc(-c3ccc4nc[nH]c4c3)cc2C1. The minimum Gasteiger partial charge on any atom is -0.491 e. The van der Waals surface area contributed by atoms with Gasteiger partial charge in [-0.3, -0.25) is 9.48 Å². The van der Waals surface area contributed by atoms with Crippen molar-refractivity contribution in [1.82, 2.24) is 24.6 Å². The summed E-state index contributed by atoms with van der Waals surface area (Å²) >= 11 is 0. The summed E-state index contributed by atoms with van der Waals surface area (Å²) in [6, 6.07) is 14.2. The molecule has 30 heavy (non-hydrogen) atoms. The van der Waals surface area contributed by atoms with Crippen LogP contribution in [0.3, 0.4) is 0 Å². The third-order valence-corrected chi connectivity index (χ3v) is 5.50. The summed E-state index contributed by atoms with van der Waals surface area (Å²) in [4.78, 5) is 22.5. The summed E-state index contributed by atoms with van der Waals surface area (Å²) in [6.45, 7) is 6.08. The van der Waals surface area contributed by atoms with Crippen LogP contribution < -0.4 is 4.74 Å². The van der Waals surface area contributed by atoms with Crippen molar-refractivity contribution in [3.05, 3.63) is 65.7 Å². The summed E-state index contributed by atoms with van der Waals surface area (Å²) in [5.41, 5.74) is 6.59. The van der Waals surface area contributed by atoms with Gasteiger partial charge in [0.1, 0.15) is 18.1 Å². The maximum Gasteiger partial charge on any atom is 0.272 e. The Labute approximate surface area is 174 Å². The van der Waals surface area contributed by atoms with Crippen LogP contribution in [0.1, 0.15) is 28.7 Å². The van der Waals surface area contributed by atoms with Gasteiger partial charge >= 0.3 is 0 Å². The molecule has 0 bridgehead atoms. The molecule has 0 radical (unpaired) electrons. The largest absolute Gasteiger partial charge is 0.491 e. The van der Waals surface area contributed by atoms with Crippen molar-refractivity contribution >= 4 is 16.9 Å². The first-order valence-corrected chi connectivity index (χ1v) is 10.2. The number of imidazole rings is 1. The predicted octanol–water partition coefficient (Wildman–Crippen LogP) is 3.79. The van der Waals surface area contributed by atoms with Gasteiger partial charge in [-0.25, -0.2) is 4.98 Å². The van der Waals surface area contributed by atoms with E-state index in [0.717, 1.165) is 39.2 Å². The maximum absolute atomic E-state index is 13.2. The van der Waals surface area contributed by atoms with Crippen molar-refractivity contribution < 1.29 is 9.53 Å². The van der Waals surface area contributed by atoms with Crippen LogP contribution in [0.15, 0.2) is 48.8 Å². The lowest BCUT2D eigenvalue weighted by Crippen LogP contribution is -2.34. The molecule has 5 rings (SSSR count). The second-order valence-corrected chi connectivity index (χ2v) is 7.52. The highest BCUT2D eigenvalue weighted by molar-refractivity contribution is 5.93. The van der Waals surface area contributed by atoms with Crippen LogP contribution in [0, 0.1) is 6.92 Å². The molecule has 7 nitrogen and oxygen atoms in total. The topological polar surface area (TPSA) is 76.0 Å². The van der Waals surface area contributed by atoms with E-state index in [1.807, 2.05) is 36.9 Å². The van der Waals surface area contributed by atoms with Crippen molar-refractivity contribution in [3.63, 3.8) is 0 Å². The fourth-order valence-corrected chi connectivity index (χ4v) is 3.98. The van der Waals surface area contributed by atoms with Gasteiger partial charge in [0.05, 0.1) is 29.6 Å². The lowest BCUT2D eigenvalue weighted by molar-refractivity contribution is 0.0720. The van der Waals surface area contributed by atoms with Gasteiger partial charge in [0, 0.05) is 18.7 Å². The van der Waals surface area contributed by atoms with Gasteiger partial charge in [-0.05, 0) is 55.3 Å². The van der Waals surface area contributed by atoms with Crippen LogP contribution in [-0.4, -0.2) is 43.7 Å². The number of benzene rings is 2. The molecule has 1 N–H and O–H groups in total. The number of carbonyl (C=O) groups excluding carboxylic acids is 1. The van der Waals surface area contributed by atoms with Crippen LogP contribution in [-0.2, 0) is 13.1 Å². The fourth-order valence-electron chi connectivity index (χ4n) is 3.98. The van der Waals surface area contributed by atoms with Gasteiger partial charge in [0.2, 0.25) is 0 Å². The Kier molecular flexibility index (Phi) is 4.50. The molecule has 3 heterocycles. The highest BCUT2D eigenvalue weighted by Crippen LogP contribution is 2.31. The molecule has 7 heteroatoms. The fraction of sp³-hybridized carbons (Fsp3) is 0.261. The van der Waals surface area contributed by atoms with Crippen LogP contribution in [0.4, 0.5) is 0 Å². The van der Waals surface area contributed by atoms with Gasteiger partial charge in [0.15, 0.2) is 0 Å². The number of amides is 1. The highest BCUT2D eigenvalue weighted by atomic mass is 16.5. The van der Waals surface area contributed by atoms with E-state index in [4.69, 9.17) is 4.74 Å². The van der Waals surface area contributed by atoms with Gasteiger partial charge < -0.3 is 14.6 Å². The molecule has 0 spiro atoms. The summed E-state index contributed by atoms with van der Waals surface area (Å²) in [6.07, 6.45) is 1.70. The average molecular weight is 401 g/mol. The van der Waals surface area contributed by atoms with Crippen molar-refractivity contribution in [3.8, 4) is 16.9 Å². The quantitative estimate of drug-likeness (QED) is 0.567. The predicted molar refractivity (Wildman–Crippen MR) is 114 cm³/mol. The summed E-state index contributed by atoms with van der Waals surface area (Å²) < 4.78 is 7.71. The Morgan fingerprint density at radius 2 is 2.00 bits per heavy atom. The van der Waals surface area contributed by atoms with Crippen LogP contribution in [0.5, 0.6) is 5.75 Å². The van der Waals surface area contributed by atoms with E-state index in [1.54, 1.807) is 11.0 Å². The number of aryl methyl sites for hydroxylation is 2. The minimum absolute atomic E-state index is 0.0156. The zero-order valence-electron chi connectivity index (χ0n) is 17.1. The number of carbonyl (C=O) groups is 1. The lowest BCUT2D eigenvalue weighted by Gasteiger charge is -2.20. The van der Waals surface area contributed by atoms with Crippen molar-refractivity contribution in [1.29, 1.82) is 0 Å². The van der Waals surface area contributed by atoms with Gasteiger partial charge in [0.25, 0.3) is 5.91 Å². The van der Waals surface area contributed by atoms with Crippen LogP contribution >= 0.6 is 0 Å². The Balaban J connectivity index is 1.47. The van der Waals surface area contributed by atoms with Crippen molar-refractivity contribution in [2.45, 2.75) is 26.9 Å². The Morgan fingerprint density at radius 1 is 1.17 bits per heavy atom. The second-order valence-electron chi connectivity index (χ2n) is 7.52. The van der Waals surface area contributed by atoms with E-state index in [2.05, 4.69) is 39.3 Å². The number of nitrogens with zero attached hydrogens (tertiary/aromatic N) is 4. The first-order valence-electron chi connectivity index (χ1n) is 10.2. The van der Waals surface area contributed by atoms with Gasteiger partial charge in [-0.1, -0.05) is 12.1 Å². The zero-order chi connectivity index (χ0) is 20.7. The van der Waals surface area contributed by atoms with Crippen molar-refractivity contribution in [2.24, 2.45) is 0 Å². The number of aromatic nitrogens is 4. The van der Waals surface area contributed by atoms with E-state index in [1.165, 1.54) is 0 Å². The van der Waals surface area contributed by atoms with Gasteiger partial charge in [-0.15, -0.1) is 0 Å². The number of nitrogens with one attached hydrogen (secondary N) is 1. The Bertz CT molecular complexity index is 1240. The van der Waals surface area contributed by atoms with E-state index >= 15 is 0 Å². The third-order valence-electron chi connectivity index (χ3n) is 5.50.